The minimum Gasteiger partial charge on any atom is -0.382 e. The van der Waals surface area contributed by atoms with Gasteiger partial charge in [-0.05, 0) is 23.1 Å². The van der Waals surface area contributed by atoms with Gasteiger partial charge in [0.2, 0.25) is 5.95 Å². The van der Waals surface area contributed by atoms with Gasteiger partial charge in [-0.15, -0.1) is 11.3 Å². The molecule has 7 nitrogen and oxygen atoms in total. The Kier molecular flexibility index (Phi) is 4.45. The summed E-state index contributed by atoms with van der Waals surface area (Å²) in [5, 5.41) is 5.03. The second-order valence-corrected chi connectivity index (χ2v) is 5.75. The van der Waals surface area contributed by atoms with Gasteiger partial charge in [0, 0.05) is 19.5 Å². The summed E-state index contributed by atoms with van der Waals surface area (Å²) < 4.78 is 5.93. The molecule has 8 heteroatoms. The molecule has 0 radical (unpaired) electrons. The smallest absolute Gasteiger partial charge is 0.269 e. The van der Waals surface area contributed by atoms with Gasteiger partial charge in [-0.2, -0.15) is 0 Å². The third kappa shape index (κ3) is 3.27. The van der Waals surface area contributed by atoms with Crippen LogP contribution in [0.5, 0.6) is 0 Å². The molecule has 1 amide bonds. The van der Waals surface area contributed by atoms with E-state index in [0.29, 0.717) is 22.8 Å². The van der Waals surface area contributed by atoms with Crippen LogP contribution in [-0.4, -0.2) is 34.6 Å². The summed E-state index contributed by atoms with van der Waals surface area (Å²) in [6, 6.07) is 5.42. The van der Waals surface area contributed by atoms with Gasteiger partial charge in [0.15, 0.2) is 5.69 Å². The number of carbonyl (C=O) groups is 1. The molecule has 1 unspecified atom stereocenters. The number of nitrogens with two attached hydrogens (primary N) is 1. The number of fused-ring (bicyclic) bond motifs is 1. The number of rotatable bonds is 6. The van der Waals surface area contributed by atoms with Crippen molar-refractivity contribution in [3.05, 3.63) is 47.2 Å². The molecule has 118 valence electrons. The molecule has 0 aliphatic heterocycles. The maximum absolute atomic E-state index is 11.6. The first kappa shape index (κ1) is 15.3. The van der Waals surface area contributed by atoms with E-state index in [9.17, 15) is 4.79 Å². The Labute approximate surface area is 136 Å². The van der Waals surface area contributed by atoms with Gasteiger partial charge in [0.05, 0.1) is 22.9 Å². The van der Waals surface area contributed by atoms with Gasteiger partial charge < -0.3 is 15.8 Å². The molecule has 0 aliphatic carbocycles. The number of aromatic nitrogens is 3. The lowest BCUT2D eigenvalue weighted by Gasteiger charge is -2.18. The number of methoxy groups -OCH3 is 1. The Morgan fingerprint density at radius 2 is 2.30 bits per heavy atom. The zero-order valence-corrected chi connectivity index (χ0v) is 13.2. The predicted octanol–water partition coefficient (Wildman–Crippen LogP) is 1.98. The standard InChI is InChI=1S/C15H15N5O2S/c1-22-8-11(9-3-2-5-17-7-9)19-15-18-10-4-6-23-13(10)12(20-15)14(16)21/h2-7,11H,8H2,1H3,(H2,16,21)(H,18,19,20). The van der Waals surface area contributed by atoms with E-state index < -0.39 is 5.91 Å². The lowest BCUT2D eigenvalue weighted by atomic mass is 10.1. The third-order valence-corrected chi connectivity index (χ3v) is 4.17. The quantitative estimate of drug-likeness (QED) is 0.717. The summed E-state index contributed by atoms with van der Waals surface area (Å²) in [6.45, 7) is 0.405. The average molecular weight is 329 g/mol. The highest BCUT2D eigenvalue weighted by Crippen LogP contribution is 2.25. The molecule has 3 aromatic rings. The molecule has 0 bridgehead atoms. The number of nitrogens with one attached hydrogen (secondary N) is 1. The molecule has 3 heterocycles. The van der Waals surface area contributed by atoms with Crippen LogP contribution in [0.2, 0.25) is 0 Å². The Bertz CT molecular complexity index is 821. The van der Waals surface area contributed by atoms with Crippen molar-refractivity contribution in [1.29, 1.82) is 0 Å². The molecule has 3 N–H and O–H groups in total. The topological polar surface area (TPSA) is 103 Å². The molecule has 0 saturated carbocycles. The highest BCUT2D eigenvalue weighted by molar-refractivity contribution is 7.17. The Morgan fingerprint density at radius 3 is 3.00 bits per heavy atom. The number of carbonyl (C=O) groups excluding carboxylic acids is 1. The van der Waals surface area contributed by atoms with Crippen LogP contribution < -0.4 is 11.1 Å². The van der Waals surface area contributed by atoms with Crippen molar-refractivity contribution >= 4 is 33.4 Å². The fourth-order valence-corrected chi connectivity index (χ4v) is 3.05. The average Bonchev–Trinajstić information content (AvgIpc) is 3.02. The number of ether oxygens (including phenoxy) is 1. The van der Waals surface area contributed by atoms with E-state index in [2.05, 4.69) is 20.3 Å². The molecule has 3 aromatic heterocycles. The van der Waals surface area contributed by atoms with Crippen molar-refractivity contribution in [3.8, 4) is 0 Å². The zero-order chi connectivity index (χ0) is 16.2. The van der Waals surface area contributed by atoms with Gasteiger partial charge in [-0.25, -0.2) is 9.97 Å². The second-order valence-electron chi connectivity index (χ2n) is 4.83. The Hall–Kier alpha value is -2.58. The van der Waals surface area contributed by atoms with Crippen molar-refractivity contribution in [2.24, 2.45) is 5.73 Å². The number of thiophene rings is 1. The summed E-state index contributed by atoms with van der Waals surface area (Å²) in [4.78, 5) is 24.4. The van der Waals surface area contributed by atoms with Gasteiger partial charge in [0.25, 0.3) is 5.91 Å². The number of hydrogen-bond acceptors (Lipinski definition) is 7. The van der Waals surface area contributed by atoms with Crippen LogP contribution in [0, 0.1) is 0 Å². The van der Waals surface area contributed by atoms with Crippen molar-refractivity contribution in [3.63, 3.8) is 0 Å². The SMILES string of the molecule is COCC(Nc1nc(C(N)=O)c2sccc2n1)c1cccnc1. The van der Waals surface area contributed by atoms with Crippen molar-refractivity contribution in [2.75, 3.05) is 19.0 Å². The maximum atomic E-state index is 11.6. The summed E-state index contributed by atoms with van der Waals surface area (Å²) >= 11 is 1.39. The fraction of sp³-hybridized carbons (Fsp3) is 0.200. The van der Waals surface area contributed by atoms with E-state index in [0.717, 1.165) is 5.56 Å². The minimum atomic E-state index is -0.576. The van der Waals surface area contributed by atoms with E-state index >= 15 is 0 Å². The van der Waals surface area contributed by atoms with E-state index in [-0.39, 0.29) is 11.7 Å². The Morgan fingerprint density at radius 1 is 1.43 bits per heavy atom. The van der Waals surface area contributed by atoms with Crippen LogP contribution in [0.4, 0.5) is 5.95 Å². The van der Waals surface area contributed by atoms with Crippen molar-refractivity contribution < 1.29 is 9.53 Å². The maximum Gasteiger partial charge on any atom is 0.269 e. The van der Waals surface area contributed by atoms with Crippen LogP contribution in [0.1, 0.15) is 22.1 Å². The number of nitrogens with zero attached hydrogens (tertiary/aromatic N) is 3. The van der Waals surface area contributed by atoms with Gasteiger partial charge >= 0.3 is 0 Å². The summed E-state index contributed by atoms with van der Waals surface area (Å²) in [5.41, 5.74) is 7.26. The van der Waals surface area contributed by atoms with Crippen LogP contribution in [-0.2, 0) is 4.74 Å². The molecular weight excluding hydrogens is 314 g/mol. The van der Waals surface area contributed by atoms with E-state index in [1.807, 2.05) is 23.6 Å². The summed E-state index contributed by atoms with van der Waals surface area (Å²) in [6.07, 6.45) is 3.45. The molecule has 1 atom stereocenters. The summed E-state index contributed by atoms with van der Waals surface area (Å²) in [7, 11) is 1.61. The van der Waals surface area contributed by atoms with Crippen LogP contribution in [0.25, 0.3) is 10.2 Å². The van der Waals surface area contributed by atoms with E-state index in [1.54, 1.807) is 19.5 Å². The zero-order valence-electron chi connectivity index (χ0n) is 12.4. The van der Waals surface area contributed by atoms with Gasteiger partial charge in [-0.1, -0.05) is 6.07 Å². The number of primary amides is 1. The monoisotopic (exact) mass is 329 g/mol. The van der Waals surface area contributed by atoms with Crippen molar-refractivity contribution in [2.45, 2.75) is 6.04 Å². The first-order valence-corrected chi connectivity index (χ1v) is 7.77. The van der Waals surface area contributed by atoms with Crippen LogP contribution >= 0.6 is 11.3 Å². The second kappa shape index (κ2) is 6.67. The fourth-order valence-electron chi connectivity index (χ4n) is 2.22. The highest BCUT2D eigenvalue weighted by Gasteiger charge is 2.17. The summed E-state index contributed by atoms with van der Waals surface area (Å²) in [5.74, 6) is -0.247. The molecule has 0 fully saturated rings. The lowest BCUT2D eigenvalue weighted by molar-refractivity contribution is 0.0997. The predicted molar refractivity (Wildman–Crippen MR) is 88.4 cm³/mol. The molecule has 0 spiro atoms. The molecule has 0 aliphatic rings. The van der Waals surface area contributed by atoms with Gasteiger partial charge in [-0.3, -0.25) is 9.78 Å². The normalized spacial score (nSPS) is 12.2. The molecular formula is C15H15N5O2S. The largest absolute Gasteiger partial charge is 0.382 e. The number of amides is 1. The minimum absolute atomic E-state index is 0.189. The van der Waals surface area contributed by atoms with Crippen molar-refractivity contribution in [1.82, 2.24) is 15.0 Å². The molecule has 0 aromatic carbocycles. The first-order chi connectivity index (χ1) is 11.2. The van der Waals surface area contributed by atoms with Crippen LogP contribution in [0.15, 0.2) is 36.0 Å². The van der Waals surface area contributed by atoms with Crippen LogP contribution in [0.3, 0.4) is 0 Å². The third-order valence-electron chi connectivity index (χ3n) is 3.26. The van der Waals surface area contributed by atoms with Gasteiger partial charge in [0.1, 0.15) is 0 Å². The number of pyridine rings is 1. The highest BCUT2D eigenvalue weighted by atomic mass is 32.1. The number of anilines is 1. The Balaban J connectivity index is 1.97. The molecule has 3 rings (SSSR count). The van der Waals surface area contributed by atoms with E-state index in [1.165, 1.54) is 11.3 Å². The number of hydrogen-bond donors (Lipinski definition) is 2. The molecule has 23 heavy (non-hydrogen) atoms. The molecule has 0 saturated heterocycles. The first-order valence-electron chi connectivity index (χ1n) is 6.89. The van der Waals surface area contributed by atoms with E-state index in [4.69, 9.17) is 10.5 Å². The lowest BCUT2D eigenvalue weighted by Crippen LogP contribution is -2.20.